The van der Waals surface area contributed by atoms with Gasteiger partial charge in [0, 0.05) is 13.2 Å². The number of rotatable bonds is 26. The van der Waals surface area contributed by atoms with E-state index in [9.17, 15) is 10.2 Å². The molecule has 0 atom stereocenters. The van der Waals surface area contributed by atoms with Crippen molar-refractivity contribution in [1.82, 2.24) is 0 Å². The first kappa shape index (κ1) is 41.3. The Labute approximate surface area is 260 Å². The Hall–Kier alpha value is 0.274. The van der Waals surface area contributed by atoms with E-state index in [0.29, 0.717) is 26.4 Å². The lowest BCUT2D eigenvalue weighted by Gasteiger charge is -2.37. The van der Waals surface area contributed by atoms with Crippen LogP contribution in [0.2, 0.25) is 48.4 Å². The van der Waals surface area contributed by atoms with E-state index in [1.807, 2.05) is 0 Å². The van der Waals surface area contributed by atoms with Crippen molar-refractivity contribution in [3.05, 3.63) is 0 Å². The van der Waals surface area contributed by atoms with E-state index < -0.39 is 21.6 Å². The standard InChI is InChI=1S/C35H76O4Si2/c1-29(2)19-40(20-30(3)4,21-31(5)6)17-13-15-38-27-35(25-36,26-37)28-39-16-14-18-41(22-32(7)8,23-33(9)10)24-34(11)12/h29-34,36-37H,13-28H2,1-12H3. The molecular formula is C35H76O4Si2. The normalized spacial score (nSPS) is 13.8. The molecule has 0 bridgehead atoms. The number of aliphatic hydroxyl groups excluding tert-OH is 2. The zero-order valence-corrected chi connectivity index (χ0v) is 32.0. The SMILES string of the molecule is CC(C)C[Si](CCCOCC(CO)(CO)COCCC[Si](CC(C)C)(CC(C)C)CC(C)C)(CC(C)C)CC(C)C. The van der Waals surface area contributed by atoms with Crippen LogP contribution in [0.5, 0.6) is 0 Å². The van der Waals surface area contributed by atoms with Crippen molar-refractivity contribution in [3.63, 3.8) is 0 Å². The number of hydrogen-bond acceptors (Lipinski definition) is 4. The molecule has 248 valence electrons. The van der Waals surface area contributed by atoms with Gasteiger partial charge < -0.3 is 19.7 Å². The fraction of sp³-hybridized carbons (Fsp3) is 1.00. The average molecular weight is 617 g/mol. The molecule has 4 nitrogen and oxygen atoms in total. The molecule has 0 saturated heterocycles. The van der Waals surface area contributed by atoms with Crippen molar-refractivity contribution < 1.29 is 19.7 Å². The predicted molar refractivity (Wildman–Crippen MR) is 186 cm³/mol. The van der Waals surface area contributed by atoms with Gasteiger partial charge >= 0.3 is 0 Å². The second-order valence-electron chi connectivity index (χ2n) is 16.7. The van der Waals surface area contributed by atoms with E-state index in [1.54, 1.807) is 0 Å². The van der Waals surface area contributed by atoms with Crippen molar-refractivity contribution in [2.45, 2.75) is 144 Å². The molecule has 0 aromatic heterocycles. The highest BCUT2D eigenvalue weighted by Gasteiger charge is 2.36. The van der Waals surface area contributed by atoms with Crippen LogP contribution in [0.25, 0.3) is 0 Å². The Morgan fingerprint density at radius 1 is 0.463 bits per heavy atom. The Morgan fingerprint density at radius 3 is 0.902 bits per heavy atom. The Morgan fingerprint density at radius 2 is 0.707 bits per heavy atom. The monoisotopic (exact) mass is 617 g/mol. The second-order valence-corrected chi connectivity index (χ2v) is 26.2. The van der Waals surface area contributed by atoms with Gasteiger partial charge in [-0.05, 0) is 48.3 Å². The van der Waals surface area contributed by atoms with Crippen LogP contribution in [0.4, 0.5) is 0 Å². The second kappa shape index (κ2) is 21.1. The van der Waals surface area contributed by atoms with Crippen LogP contribution in [0.1, 0.15) is 95.9 Å². The van der Waals surface area contributed by atoms with Gasteiger partial charge in [0.2, 0.25) is 0 Å². The highest BCUT2D eigenvalue weighted by atomic mass is 28.3. The van der Waals surface area contributed by atoms with Crippen LogP contribution in [0.3, 0.4) is 0 Å². The Kier molecular flexibility index (Phi) is 21.2. The average Bonchev–Trinajstić information content (AvgIpc) is 2.79. The molecule has 0 aliphatic heterocycles. The van der Waals surface area contributed by atoms with Gasteiger partial charge in [-0.15, -0.1) is 0 Å². The molecule has 0 unspecified atom stereocenters. The van der Waals surface area contributed by atoms with E-state index in [2.05, 4.69) is 83.1 Å². The largest absolute Gasteiger partial charge is 0.396 e. The van der Waals surface area contributed by atoms with Gasteiger partial charge in [-0.1, -0.05) is 131 Å². The smallest absolute Gasteiger partial charge is 0.0632 e. The molecule has 2 N–H and O–H groups in total. The summed E-state index contributed by atoms with van der Waals surface area (Å²) in [6.45, 7) is 30.5. The lowest BCUT2D eigenvalue weighted by atomic mass is 9.92. The van der Waals surface area contributed by atoms with Gasteiger partial charge in [-0.25, -0.2) is 0 Å². The van der Waals surface area contributed by atoms with Crippen LogP contribution in [-0.4, -0.2) is 66.0 Å². The van der Waals surface area contributed by atoms with Gasteiger partial charge in [0.1, 0.15) is 0 Å². The predicted octanol–water partition coefficient (Wildman–Crippen LogP) is 9.60. The van der Waals surface area contributed by atoms with Crippen LogP contribution >= 0.6 is 0 Å². The van der Waals surface area contributed by atoms with Crippen molar-refractivity contribution in [1.29, 1.82) is 0 Å². The summed E-state index contributed by atoms with van der Waals surface area (Å²) in [6, 6.07) is 11.1. The van der Waals surface area contributed by atoms with E-state index >= 15 is 0 Å². The van der Waals surface area contributed by atoms with Gasteiger partial charge in [0.15, 0.2) is 0 Å². The summed E-state index contributed by atoms with van der Waals surface area (Å²) in [5, 5.41) is 20.5. The summed E-state index contributed by atoms with van der Waals surface area (Å²) in [5.41, 5.74) is -0.718. The lowest BCUT2D eigenvalue weighted by Crippen LogP contribution is -2.41. The topological polar surface area (TPSA) is 58.9 Å². The van der Waals surface area contributed by atoms with Crippen LogP contribution in [0.15, 0.2) is 0 Å². The summed E-state index contributed by atoms with van der Waals surface area (Å²) in [4.78, 5) is 0. The minimum atomic E-state index is -1.37. The van der Waals surface area contributed by atoms with Crippen LogP contribution in [0, 0.1) is 40.9 Å². The molecular weight excluding hydrogens is 541 g/mol. The maximum atomic E-state index is 10.2. The fourth-order valence-electron chi connectivity index (χ4n) is 8.26. The molecule has 0 aromatic rings. The summed E-state index contributed by atoms with van der Waals surface area (Å²) in [7, 11) is -2.75. The maximum absolute atomic E-state index is 10.2. The molecule has 0 spiro atoms. The van der Waals surface area contributed by atoms with E-state index in [1.165, 1.54) is 48.4 Å². The summed E-state index contributed by atoms with van der Waals surface area (Å²) in [5.74, 6) is 4.51. The molecule has 0 amide bonds. The first-order chi connectivity index (χ1) is 19.0. The fourth-order valence-corrected chi connectivity index (χ4v) is 22.7. The summed E-state index contributed by atoms with van der Waals surface area (Å²) >= 11 is 0. The van der Waals surface area contributed by atoms with E-state index in [-0.39, 0.29) is 13.2 Å². The minimum absolute atomic E-state index is 0.108. The number of ether oxygens (including phenoxy) is 2. The first-order valence-corrected chi connectivity index (χ1v) is 23.1. The van der Waals surface area contributed by atoms with Gasteiger partial charge in [0.05, 0.1) is 48.0 Å². The molecule has 41 heavy (non-hydrogen) atoms. The Balaban J connectivity index is 4.99. The molecule has 0 radical (unpaired) electrons. The summed E-state index contributed by atoms with van der Waals surface area (Å²) in [6.07, 6.45) is 2.17. The van der Waals surface area contributed by atoms with E-state index in [0.717, 1.165) is 48.3 Å². The quantitative estimate of drug-likeness (QED) is 0.0750. The zero-order chi connectivity index (χ0) is 31.7. The van der Waals surface area contributed by atoms with Crippen molar-refractivity contribution in [2.24, 2.45) is 40.9 Å². The molecule has 0 aliphatic carbocycles. The number of hydrogen-bond donors (Lipinski definition) is 2. The lowest BCUT2D eigenvalue weighted by molar-refractivity contribution is -0.0767. The molecule has 0 fully saturated rings. The third kappa shape index (κ3) is 18.6. The van der Waals surface area contributed by atoms with Crippen molar-refractivity contribution in [3.8, 4) is 0 Å². The summed E-state index contributed by atoms with van der Waals surface area (Å²) < 4.78 is 12.3. The van der Waals surface area contributed by atoms with Gasteiger partial charge in [-0.2, -0.15) is 0 Å². The molecule has 0 aliphatic rings. The van der Waals surface area contributed by atoms with Gasteiger partial charge in [-0.3, -0.25) is 0 Å². The van der Waals surface area contributed by atoms with E-state index in [4.69, 9.17) is 9.47 Å². The first-order valence-electron chi connectivity index (χ1n) is 17.4. The molecule has 0 saturated carbocycles. The maximum Gasteiger partial charge on any atom is 0.0632 e. The highest BCUT2D eigenvalue weighted by molar-refractivity contribution is 6.80. The van der Waals surface area contributed by atoms with Crippen LogP contribution in [-0.2, 0) is 9.47 Å². The zero-order valence-electron chi connectivity index (χ0n) is 30.0. The molecule has 6 heteroatoms. The molecule has 0 rings (SSSR count). The van der Waals surface area contributed by atoms with Crippen molar-refractivity contribution >= 4 is 16.1 Å². The Bertz CT molecular complexity index is 527. The molecule has 0 aromatic carbocycles. The van der Waals surface area contributed by atoms with Gasteiger partial charge in [0.25, 0.3) is 0 Å². The van der Waals surface area contributed by atoms with Crippen molar-refractivity contribution in [2.75, 3.05) is 39.6 Å². The molecule has 0 heterocycles. The van der Waals surface area contributed by atoms with Crippen LogP contribution < -0.4 is 0 Å². The highest BCUT2D eigenvalue weighted by Crippen LogP contribution is 2.37. The minimum Gasteiger partial charge on any atom is -0.396 e. The third-order valence-electron chi connectivity index (χ3n) is 8.53. The number of aliphatic hydroxyl groups is 2. The third-order valence-corrected chi connectivity index (χ3v) is 21.5.